The number of hydrogen-bond acceptors (Lipinski definition) is 8. The van der Waals surface area contributed by atoms with Crippen LogP contribution in [0.3, 0.4) is 0 Å². The van der Waals surface area contributed by atoms with Crippen LogP contribution in [0.1, 0.15) is 0 Å². The van der Waals surface area contributed by atoms with Gasteiger partial charge >= 0.3 is 0 Å². The van der Waals surface area contributed by atoms with Gasteiger partial charge in [-0.2, -0.15) is 16.8 Å². The Morgan fingerprint density at radius 1 is 0.667 bits per heavy atom. The Balaban J connectivity index is 3.27. The van der Waals surface area contributed by atoms with Crippen molar-refractivity contribution < 1.29 is 44.9 Å². The summed E-state index contributed by atoms with van der Waals surface area (Å²) in [5, 5.41) is 0. The van der Waals surface area contributed by atoms with Crippen molar-refractivity contribution >= 4 is 65.4 Å². The van der Waals surface area contributed by atoms with Gasteiger partial charge in [0.05, 0.1) is 35.6 Å². The quantitative estimate of drug-likeness (QED) is 0.329. The molecular weight excluding hydrogens is 670 g/mol. The number of methoxy groups -OCH3 is 4. The first-order valence-electron chi connectivity index (χ1n) is 7.67. The number of hydrogen-bond donors (Lipinski definition) is 2. The molecule has 2 N–H and O–H groups in total. The van der Waals surface area contributed by atoms with Crippen LogP contribution >= 0.6 is 45.2 Å². The van der Waals surface area contributed by atoms with Crippen LogP contribution in [0.2, 0.25) is 0 Å². The molecule has 0 bridgehead atoms. The van der Waals surface area contributed by atoms with Crippen LogP contribution < -0.4 is 18.9 Å². The molecule has 14 heteroatoms. The van der Waals surface area contributed by atoms with Gasteiger partial charge in [-0.3, -0.25) is 9.11 Å². The van der Waals surface area contributed by atoms with Gasteiger partial charge in [-0.15, -0.1) is 0 Å². The van der Waals surface area contributed by atoms with Crippen molar-refractivity contribution in [3.63, 3.8) is 0 Å². The molecule has 0 heterocycles. The van der Waals surface area contributed by atoms with E-state index in [1.54, 1.807) is 45.2 Å². The molecule has 0 radical (unpaired) electrons. The van der Waals surface area contributed by atoms with E-state index in [-0.39, 0.29) is 41.3 Å². The van der Waals surface area contributed by atoms with E-state index in [1.807, 2.05) is 0 Å². The lowest BCUT2D eigenvalue weighted by molar-refractivity contribution is 0.375. The minimum atomic E-state index is -4.93. The second-order valence-corrected chi connectivity index (χ2v) is 10.4. The third-order valence-corrected chi connectivity index (χ3v) is 7.82. The molecule has 0 atom stereocenters. The van der Waals surface area contributed by atoms with Gasteiger partial charge in [-0.1, -0.05) is 0 Å². The average Bonchev–Trinajstić information content (AvgIpc) is 2.65. The Labute approximate surface area is 200 Å². The van der Waals surface area contributed by atoms with Gasteiger partial charge < -0.3 is 18.9 Å². The summed E-state index contributed by atoms with van der Waals surface area (Å²) in [5.74, 6) is -0.282. The van der Waals surface area contributed by atoms with E-state index in [4.69, 9.17) is 18.9 Å². The smallest absolute Gasteiger partial charge is 0.298 e. The van der Waals surface area contributed by atoms with Gasteiger partial charge in [0.25, 0.3) is 20.2 Å². The van der Waals surface area contributed by atoms with Crippen molar-refractivity contribution in [2.24, 2.45) is 0 Å². The molecule has 2 aromatic rings. The number of rotatable bonds is 7. The maximum atomic E-state index is 12.3. The number of halogens is 2. The second-order valence-electron chi connectivity index (χ2n) is 5.56. The van der Waals surface area contributed by atoms with Gasteiger partial charge in [-0.25, -0.2) is 0 Å². The molecule has 0 spiro atoms. The van der Waals surface area contributed by atoms with Crippen LogP contribution in [0.5, 0.6) is 23.0 Å². The fourth-order valence-electron chi connectivity index (χ4n) is 2.76. The summed E-state index contributed by atoms with van der Waals surface area (Å²) in [6, 6.07) is 2.40. The van der Waals surface area contributed by atoms with E-state index in [1.165, 1.54) is 40.6 Å². The lowest BCUT2D eigenvalue weighted by Crippen LogP contribution is -2.11. The van der Waals surface area contributed by atoms with Gasteiger partial charge in [0.2, 0.25) is 0 Å². The first-order chi connectivity index (χ1) is 13.8. The highest BCUT2D eigenvalue weighted by molar-refractivity contribution is 14.1. The van der Waals surface area contributed by atoms with E-state index in [2.05, 4.69) is 0 Å². The molecule has 0 fully saturated rings. The molecule has 2 rings (SSSR count). The molecule has 2 aromatic carbocycles. The number of ether oxygens (including phenoxy) is 4. The summed E-state index contributed by atoms with van der Waals surface area (Å²) in [6.45, 7) is 0. The molecule has 0 saturated heterocycles. The summed E-state index contributed by atoms with van der Waals surface area (Å²) >= 11 is 3.51. The summed E-state index contributed by atoms with van der Waals surface area (Å²) in [5.41, 5.74) is -0.625. The van der Waals surface area contributed by atoms with Crippen LogP contribution in [0.15, 0.2) is 21.9 Å². The zero-order valence-electron chi connectivity index (χ0n) is 15.9. The summed E-state index contributed by atoms with van der Waals surface area (Å²) in [7, 11) is -4.88. The largest absolute Gasteiger partial charge is 0.495 e. The predicted molar refractivity (Wildman–Crippen MR) is 123 cm³/mol. The van der Waals surface area contributed by atoms with E-state index in [0.717, 1.165) is 0 Å². The average molecular weight is 686 g/mol. The van der Waals surface area contributed by atoms with Gasteiger partial charge in [0, 0.05) is 11.1 Å². The van der Waals surface area contributed by atoms with Crippen molar-refractivity contribution in [1.82, 2.24) is 0 Å². The monoisotopic (exact) mass is 686 g/mol. The van der Waals surface area contributed by atoms with Gasteiger partial charge in [-0.05, 0) is 57.3 Å². The van der Waals surface area contributed by atoms with Crippen LogP contribution in [0.4, 0.5) is 0 Å². The van der Waals surface area contributed by atoms with Crippen LogP contribution in [-0.4, -0.2) is 54.4 Å². The Hall–Kier alpha value is -1.08. The molecule has 0 aliphatic carbocycles. The molecular formula is C16H16I2O10S2. The highest BCUT2D eigenvalue weighted by Gasteiger charge is 2.34. The van der Waals surface area contributed by atoms with Crippen molar-refractivity contribution in [1.29, 1.82) is 0 Å². The van der Waals surface area contributed by atoms with Crippen molar-refractivity contribution in [3.05, 3.63) is 19.3 Å². The summed E-state index contributed by atoms with van der Waals surface area (Å²) in [4.78, 5) is -1.43. The summed E-state index contributed by atoms with van der Waals surface area (Å²) in [6.07, 6.45) is 0. The van der Waals surface area contributed by atoms with Crippen LogP contribution in [0, 0.1) is 7.14 Å². The highest BCUT2D eigenvalue weighted by atomic mass is 127. The lowest BCUT2D eigenvalue weighted by atomic mass is 10.0. The fourth-order valence-corrected chi connectivity index (χ4v) is 6.59. The molecule has 10 nitrogen and oxygen atoms in total. The van der Waals surface area contributed by atoms with Crippen LogP contribution in [-0.2, 0) is 20.2 Å². The van der Waals surface area contributed by atoms with Crippen molar-refractivity contribution in [2.75, 3.05) is 28.4 Å². The lowest BCUT2D eigenvalue weighted by Gasteiger charge is -2.20. The maximum absolute atomic E-state index is 12.3. The number of benzene rings is 2. The Morgan fingerprint density at radius 3 is 1.17 bits per heavy atom. The normalized spacial score (nSPS) is 11.9. The van der Waals surface area contributed by atoms with E-state index in [0.29, 0.717) is 0 Å². The van der Waals surface area contributed by atoms with Gasteiger partial charge in [0.1, 0.15) is 21.3 Å². The topological polar surface area (TPSA) is 146 Å². The SMILES string of the molecule is COc1cc(-c2cc(OC)c(I)c(OC)c2S(=O)(=O)O)c(S(=O)(=O)O)c(OC)c1I. The molecule has 0 aromatic heterocycles. The van der Waals surface area contributed by atoms with E-state index in [9.17, 15) is 25.9 Å². The first-order valence-corrected chi connectivity index (χ1v) is 12.7. The minimum Gasteiger partial charge on any atom is -0.495 e. The summed E-state index contributed by atoms with van der Waals surface area (Å²) < 4.78 is 90.1. The molecule has 166 valence electrons. The maximum Gasteiger partial charge on any atom is 0.298 e. The zero-order chi connectivity index (χ0) is 23.0. The molecule has 0 aliphatic heterocycles. The molecule has 0 saturated carbocycles. The Morgan fingerprint density at radius 2 is 0.967 bits per heavy atom. The van der Waals surface area contributed by atoms with E-state index < -0.39 is 30.0 Å². The van der Waals surface area contributed by atoms with Crippen molar-refractivity contribution in [2.45, 2.75) is 9.79 Å². The Bertz CT molecular complexity index is 1110. The first kappa shape index (κ1) is 25.2. The predicted octanol–water partition coefficient (Wildman–Crippen LogP) is 3.09. The van der Waals surface area contributed by atoms with Crippen LogP contribution in [0.25, 0.3) is 11.1 Å². The third kappa shape index (κ3) is 4.57. The second kappa shape index (κ2) is 9.19. The highest BCUT2D eigenvalue weighted by Crippen LogP contribution is 2.48. The fraction of sp³-hybridized carbons (Fsp3) is 0.250. The van der Waals surface area contributed by atoms with Gasteiger partial charge in [0.15, 0.2) is 11.5 Å². The van der Waals surface area contributed by atoms with E-state index >= 15 is 0 Å². The molecule has 0 amide bonds. The minimum absolute atomic E-state index is 0.132. The Kier molecular flexibility index (Phi) is 7.71. The molecule has 0 unspecified atom stereocenters. The van der Waals surface area contributed by atoms with Crippen molar-refractivity contribution in [3.8, 4) is 34.1 Å². The molecule has 30 heavy (non-hydrogen) atoms. The third-order valence-electron chi connectivity index (χ3n) is 3.94. The standard InChI is InChI=1S/C16H16I2O10S2/c1-25-9-5-7(15(29(19,20)21)13(27-3)11(9)17)8-6-10(26-2)12(18)14(28-4)16(8)30(22,23)24/h5-6H,1-4H3,(H,19,20,21)(H,22,23,24). The molecule has 0 aliphatic rings. The zero-order valence-corrected chi connectivity index (χ0v) is 21.8.